The summed E-state index contributed by atoms with van der Waals surface area (Å²) in [6.45, 7) is 8.71. The van der Waals surface area contributed by atoms with E-state index in [1.54, 1.807) is 17.5 Å². The lowest BCUT2D eigenvalue weighted by molar-refractivity contribution is 0.236. The summed E-state index contributed by atoms with van der Waals surface area (Å²) in [5, 5.41) is 13.4. The number of nitrogens with one attached hydrogen (secondary N) is 2. The van der Waals surface area contributed by atoms with E-state index < -0.39 is 0 Å². The lowest BCUT2D eigenvalue weighted by atomic mass is 10.0. The third-order valence-corrected chi connectivity index (χ3v) is 5.08. The van der Waals surface area contributed by atoms with E-state index in [2.05, 4.69) is 34.6 Å². The number of rotatable bonds is 6. The fourth-order valence-electron chi connectivity index (χ4n) is 2.69. The van der Waals surface area contributed by atoms with Crippen molar-refractivity contribution in [2.24, 2.45) is 7.05 Å². The van der Waals surface area contributed by atoms with Crippen molar-refractivity contribution in [3.8, 4) is 0 Å². The van der Waals surface area contributed by atoms with E-state index >= 15 is 0 Å². The Morgan fingerprint density at radius 3 is 2.70 bits per heavy atom. The summed E-state index contributed by atoms with van der Waals surface area (Å²) < 4.78 is 1.86. The van der Waals surface area contributed by atoms with Gasteiger partial charge >= 0.3 is 6.03 Å². The fourth-order valence-corrected chi connectivity index (χ4v) is 3.39. The summed E-state index contributed by atoms with van der Waals surface area (Å²) in [4.78, 5) is 16.5. The molecule has 0 saturated heterocycles. The summed E-state index contributed by atoms with van der Waals surface area (Å²) in [6, 6.07) is -0.179. The quantitative estimate of drug-likeness (QED) is 0.852. The maximum Gasteiger partial charge on any atom is 0.315 e. The molecule has 0 aromatic carbocycles. The molecule has 2 N–H and O–H groups in total. The molecule has 0 spiro atoms. The van der Waals surface area contributed by atoms with Gasteiger partial charge in [-0.1, -0.05) is 13.8 Å². The molecule has 2 aromatic heterocycles. The molecule has 2 heterocycles. The first-order valence-corrected chi connectivity index (χ1v) is 8.75. The Balaban J connectivity index is 1.95. The first-order chi connectivity index (χ1) is 10.9. The van der Waals surface area contributed by atoms with Gasteiger partial charge in [-0.25, -0.2) is 9.78 Å². The van der Waals surface area contributed by atoms with Gasteiger partial charge in [-0.15, -0.1) is 11.3 Å². The predicted octanol–water partition coefficient (Wildman–Crippen LogP) is 3.05. The van der Waals surface area contributed by atoms with Crippen LogP contribution in [0.15, 0.2) is 11.6 Å². The zero-order valence-corrected chi connectivity index (χ0v) is 15.2. The summed E-state index contributed by atoms with van der Waals surface area (Å²) >= 11 is 1.61. The molecule has 23 heavy (non-hydrogen) atoms. The number of aromatic nitrogens is 3. The molecule has 2 amide bonds. The lowest BCUT2D eigenvalue weighted by Crippen LogP contribution is -2.39. The Morgan fingerprint density at radius 1 is 1.43 bits per heavy atom. The number of amides is 2. The molecule has 2 atom stereocenters. The Morgan fingerprint density at radius 2 is 2.17 bits per heavy atom. The summed E-state index contributed by atoms with van der Waals surface area (Å²) in [6.07, 6.45) is 2.61. The Kier molecular flexibility index (Phi) is 5.76. The molecular formula is C16H25N5OS. The minimum Gasteiger partial charge on any atom is -0.337 e. The first-order valence-electron chi connectivity index (χ1n) is 7.87. The van der Waals surface area contributed by atoms with Gasteiger partial charge in [0.15, 0.2) is 0 Å². The van der Waals surface area contributed by atoms with Crippen molar-refractivity contribution in [1.29, 1.82) is 0 Å². The van der Waals surface area contributed by atoms with E-state index in [1.165, 1.54) is 0 Å². The van der Waals surface area contributed by atoms with Crippen LogP contribution in [0, 0.1) is 13.8 Å². The van der Waals surface area contributed by atoms with E-state index in [-0.39, 0.29) is 18.0 Å². The molecule has 0 radical (unpaired) electrons. The summed E-state index contributed by atoms with van der Waals surface area (Å²) in [5.74, 6) is 0.211. The van der Waals surface area contributed by atoms with E-state index in [4.69, 9.17) is 0 Å². The molecule has 0 saturated carbocycles. The van der Waals surface area contributed by atoms with Crippen molar-refractivity contribution in [2.45, 2.75) is 46.1 Å². The van der Waals surface area contributed by atoms with Crippen LogP contribution in [0.5, 0.6) is 0 Å². The van der Waals surface area contributed by atoms with Crippen LogP contribution in [0.2, 0.25) is 0 Å². The molecule has 2 rings (SSSR count). The maximum atomic E-state index is 12.2. The molecule has 2 unspecified atom stereocenters. The van der Waals surface area contributed by atoms with Crippen LogP contribution in [0.3, 0.4) is 0 Å². The van der Waals surface area contributed by atoms with Crippen molar-refractivity contribution < 1.29 is 4.79 Å². The van der Waals surface area contributed by atoms with Crippen molar-refractivity contribution >= 4 is 17.4 Å². The molecule has 6 nitrogen and oxygen atoms in total. The molecule has 0 bridgehead atoms. The SMILES string of the molecule is CCC(NC(=O)NCC(C)c1nccs1)c1c(C)nn(C)c1C. The molecule has 0 aliphatic rings. The van der Waals surface area contributed by atoms with Gasteiger partial charge in [0, 0.05) is 42.3 Å². The van der Waals surface area contributed by atoms with Gasteiger partial charge in [0.1, 0.15) is 0 Å². The standard InChI is InChI=1S/C16H25N5OS/c1-6-13(14-11(3)20-21(5)12(14)4)19-16(22)18-9-10(2)15-17-7-8-23-15/h7-8,10,13H,6,9H2,1-5H3,(H2,18,19,22). The summed E-state index contributed by atoms with van der Waals surface area (Å²) in [5.41, 5.74) is 3.16. The van der Waals surface area contributed by atoms with Gasteiger partial charge in [0.25, 0.3) is 0 Å². The van der Waals surface area contributed by atoms with Crippen LogP contribution in [-0.2, 0) is 7.05 Å². The zero-order valence-electron chi connectivity index (χ0n) is 14.4. The largest absolute Gasteiger partial charge is 0.337 e. The first kappa shape index (κ1) is 17.5. The summed E-state index contributed by atoms with van der Waals surface area (Å²) in [7, 11) is 1.92. The van der Waals surface area contributed by atoms with Crippen molar-refractivity contribution in [3.63, 3.8) is 0 Å². The van der Waals surface area contributed by atoms with Gasteiger partial charge < -0.3 is 10.6 Å². The molecular weight excluding hydrogens is 310 g/mol. The normalized spacial score (nSPS) is 13.6. The second-order valence-corrected chi connectivity index (χ2v) is 6.72. The highest BCUT2D eigenvalue weighted by Crippen LogP contribution is 2.23. The Bertz CT molecular complexity index is 650. The monoisotopic (exact) mass is 335 g/mol. The van der Waals surface area contributed by atoms with E-state index in [9.17, 15) is 4.79 Å². The number of thiazole rings is 1. The third kappa shape index (κ3) is 4.10. The minimum atomic E-state index is -0.150. The number of aryl methyl sites for hydroxylation is 2. The van der Waals surface area contributed by atoms with E-state index in [1.807, 2.05) is 31.0 Å². The second kappa shape index (κ2) is 7.59. The Labute approximate surface area is 141 Å². The van der Waals surface area contributed by atoms with E-state index in [0.29, 0.717) is 6.54 Å². The highest BCUT2D eigenvalue weighted by atomic mass is 32.1. The number of carbonyl (C=O) groups is 1. The zero-order chi connectivity index (χ0) is 17.0. The maximum absolute atomic E-state index is 12.2. The lowest BCUT2D eigenvalue weighted by Gasteiger charge is -2.19. The van der Waals surface area contributed by atoms with Crippen LogP contribution < -0.4 is 10.6 Å². The van der Waals surface area contributed by atoms with E-state index in [0.717, 1.165) is 28.4 Å². The van der Waals surface area contributed by atoms with Crippen molar-refractivity contribution in [2.75, 3.05) is 6.54 Å². The smallest absolute Gasteiger partial charge is 0.315 e. The predicted molar refractivity (Wildman–Crippen MR) is 92.8 cm³/mol. The van der Waals surface area contributed by atoms with Crippen molar-refractivity contribution in [3.05, 3.63) is 33.5 Å². The van der Waals surface area contributed by atoms with Crippen LogP contribution in [0.1, 0.15) is 54.2 Å². The molecule has 2 aromatic rings. The average Bonchev–Trinajstić information content (AvgIpc) is 3.13. The number of nitrogens with zero attached hydrogens (tertiary/aromatic N) is 3. The molecule has 0 fully saturated rings. The van der Waals surface area contributed by atoms with Crippen molar-refractivity contribution in [1.82, 2.24) is 25.4 Å². The molecule has 0 aliphatic heterocycles. The fraction of sp³-hybridized carbons (Fsp3) is 0.562. The van der Waals surface area contributed by atoms with Gasteiger partial charge in [0.2, 0.25) is 0 Å². The molecule has 7 heteroatoms. The highest BCUT2D eigenvalue weighted by molar-refractivity contribution is 7.09. The number of hydrogen-bond donors (Lipinski definition) is 2. The second-order valence-electron chi connectivity index (χ2n) is 5.79. The topological polar surface area (TPSA) is 71.8 Å². The van der Waals surface area contributed by atoms with Crippen LogP contribution in [0.25, 0.3) is 0 Å². The number of urea groups is 1. The molecule has 126 valence electrons. The van der Waals surface area contributed by atoms with Gasteiger partial charge in [-0.05, 0) is 20.3 Å². The molecule has 0 aliphatic carbocycles. The van der Waals surface area contributed by atoms with Crippen LogP contribution in [0.4, 0.5) is 4.79 Å². The Hall–Kier alpha value is -1.89. The van der Waals surface area contributed by atoms with Gasteiger partial charge in [-0.2, -0.15) is 5.10 Å². The van der Waals surface area contributed by atoms with Gasteiger partial charge in [-0.3, -0.25) is 4.68 Å². The number of carbonyl (C=O) groups excluding carboxylic acids is 1. The third-order valence-electron chi connectivity index (χ3n) is 4.07. The van der Waals surface area contributed by atoms with Crippen LogP contribution >= 0.6 is 11.3 Å². The van der Waals surface area contributed by atoms with Gasteiger partial charge in [0.05, 0.1) is 16.7 Å². The highest BCUT2D eigenvalue weighted by Gasteiger charge is 2.20. The minimum absolute atomic E-state index is 0.0288. The number of hydrogen-bond acceptors (Lipinski definition) is 4. The van der Waals surface area contributed by atoms with Crippen LogP contribution in [-0.4, -0.2) is 27.3 Å². The average molecular weight is 335 g/mol.